The monoisotopic (exact) mass is 279 g/mol. The highest BCUT2D eigenvalue weighted by Crippen LogP contribution is 2.14. The van der Waals surface area contributed by atoms with Gasteiger partial charge in [0.05, 0.1) is 12.2 Å². The maximum Gasteiger partial charge on any atom is 0.411 e. The normalized spacial score (nSPS) is 11.4. The number of benzene rings is 1. The Kier molecular flexibility index (Phi) is 5.29. The first-order valence-electron chi connectivity index (χ1n) is 5.48. The van der Waals surface area contributed by atoms with Crippen LogP contribution in [-0.4, -0.2) is 31.8 Å². The molecule has 0 aliphatic rings. The first kappa shape index (κ1) is 15.4. The molecule has 0 aromatic heterocycles. The van der Waals surface area contributed by atoms with Crippen LogP contribution in [0.25, 0.3) is 0 Å². The summed E-state index contributed by atoms with van der Waals surface area (Å²) in [5.74, 6) is -1.36. The predicted molar refractivity (Wildman–Crippen MR) is 60.3 cm³/mol. The molecule has 0 fully saturated rings. The molecule has 1 aromatic rings. The molecule has 0 spiro atoms. The van der Waals surface area contributed by atoms with Gasteiger partial charge in [0.25, 0.3) is 5.91 Å². The average molecular weight is 279 g/mol. The van der Waals surface area contributed by atoms with Crippen LogP contribution in [0.2, 0.25) is 0 Å². The number of hydrogen-bond donors (Lipinski definition) is 1. The van der Waals surface area contributed by atoms with E-state index in [-0.39, 0.29) is 18.7 Å². The SMILES string of the molecule is Cc1ccc(F)c(C(=O)NCCOCC(F)(F)F)c1. The molecule has 0 aliphatic carbocycles. The fourth-order valence-corrected chi connectivity index (χ4v) is 1.33. The minimum atomic E-state index is -4.40. The van der Waals surface area contributed by atoms with E-state index in [4.69, 9.17) is 0 Å². The highest BCUT2D eigenvalue weighted by molar-refractivity contribution is 5.94. The van der Waals surface area contributed by atoms with Crippen molar-refractivity contribution < 1.29 is 27.1 Å². The molecule has 1 amide bonds. The minimum absolute atomic E-state index is 0.123. The first-order valence-corrected chi connectivity index (χ1v) is 5.48. The van der Waals surface area contributed by atoms with Gasteiger partial charge in [-0.05, 0) is 19.1 Å². The summed E-state index contributed by atoms with van der Waals surface area (Å²) in [5, 5.41) is 2.28. The average Bonchev–Trinajstić information content (AvgIpc) is 2.30. The second-order valence-electron chi connectivity index (χ2n) is 3.91. The predicted octanol–water partition coefficient (Wildman–Crippen LogP) is 2.44. The van der Waals surface area contributed by atoms with Gasteiger partial charge in [-0.1, -0.05) is 11.6 Å². The summed E-state index contributed by atoms with van der Waals surface area (Å²) < 4.78 is 52.8. The van der Waals surface area contributed by atoms with Gasteiger partial charge in [-0.25, -0.2) is 4.39 Å². The highest BCUT2D eigenvalue weighted by atomic mass is 19.4. The van der Waals surface area contributed by atoms with Crippen molar-refractivity contribution in [1.82, 2.24) is 5.32 Å². The summed E-state index contributed by atoms with van der Waals surface area (Å²) in [7, 11) is 0. The molecule has 106 valence electrons. The molecule has 0 saturated heterocycles. The number of ether oxygens (including phenoxy) is 1. The molecule has 7 heteroatoms. The number of hydrogen-bond acceptors (Lipinski definition) is 2. The molecule has 0 atom stereocenters. The Morgan fingerprint density at radius 3 is 2.68 bits per heavy atom. The van der Waals surface area contributed by atoms with Crippen molar-refractivity contribution in [2.75, 3.05) is 19.8 Å². The molecule has 0 radical (unpaired) electrons. The number of rotatable bonds is 5. The van der Waals surface area contributed by atoms with Crippen molar-refractivity contribution in [3.05, 3.63) is 35.1 Å². The van der Waals surface area contributed by atoms with Gasteiger partial charge in [-0.15, -0.1) is 0 Å². The van der Waals surface area contributed by atoms with Crippen LogP contribution in [0.3, 0.4) is 0 Å². The van der Waals surface area contributed by atoms with Crippen LogP contribution in [0.5, 0.6) is 0 Å². The summed E-state index contributed by atoms with van der Waals surface area (Å²) in [6.45, 7) is -0.0919. The molecule has 1 N–H and O–H groups in total. The van der Waals surface area contributed by atoms with Crippen molar-refractivity contribution in [2.45, 2.75) is 13.1 Å². The van der Waals surface area contributed by atoms with E-state index in [0.29, 0.717) is 5.56 Å². The van der Waals surface area contributed by atoms with Crippen LogP contribution in [0.1, 0.15) is 15.9 Å². The van der Waals surface area contributed by atoms with Gasteiger partial charge < -0.3 is 10.1 Å². The summed E-state index contributed by atoms with van der Waals surface area (Å²) >= 11 is 0. The molecule has 1 aromatic carbocycles. The number of nitrogens with one attached hydrogen (secondary N) is 1. The van der Waals surface area contributed by atoms with Crippen LogP contribution in [0.4, 0.5) is 17.6 Å². The fraction of sp³-hybridized carbons (Fsp3) is 0.417. The van der Waals surface area contributed by atoms with Crippen molar-refractivity contribution in [1.29, 1.82) is 0 Å². The zero-order valence-corrected chi connectivity index (χ0v) is 10.2. The number of carbonyl (C=O) groups excluding carboxylic acids is 1. The molecule has 19 heavy (non-hydrogen) atoms. The zero-order valence-electron chi connectivity index (χ0n) is 10.2. The van der Waals surface area contributed by atoms with Gasteiger partial charge in [0.15, 0.2) is 0 Å². The standard InChI is InChI=1S/C12H13F4NO2/c1-8-2-3-10(13)9(6-8)11(18)17-4-5-19-7-12(14,15)16/h2-3,6H,4-5,7H2,1H3,(H,17,18). The van der Waals surface area contributed by atoms with Crippen molar-refractivity contribution in [3.63, 3.8) is 0 Å². The Morgan fingerprint density at radius 2 is 2.05 bits per heavy atom. The highest BCUT2D eigenvalue weighted by Gasteiger charge is 2.27. The first-order chi connectivity index (χ1) is 8.79. The van der Waals surface area contributed by atoms with Crippen LogP contribution < -0.4 is 5.32 Å². The van der Waals surface area contributed by atoms with Gasteiger partial charge in [0.1, 0.15) is 12.4 Å². The second-order valence-corrected chi connectivity index (χ2v) is 3.91. The fourth-order valence-electron chi connectivity index (χ4n) is 1.33. The van der Waals surface area contributed by atoms with E-state index < -0.39 is 24.5 Å². The molecular formula is C12H13F4NO2. The smallest absolute Gasteiger partial charge is 0.370 e. The quantitative estimate of drug-likeness (QED) is 0.664. The van der Waals surface area contributed by atoms with Crippen molar-refractivity contribution >= 4 is 5.91 Å². The minimum Gasteiger partial charge on any atom is -0.370 e. The maximum absolute atomic E-state index is 13.3. The third-order valence-corrected chi connectivity index (χ3v) is 2.16. The van der Waals surface area contributed by atoms with E-state index >= 15 is 0 Å². The lowest BCUT2D eigenvalue weighted by atomic mass is 10.1. The van der Waals surface area contributed by atoms with Crippen LogP contribution in [0.15, 0.2) is 18.2 Å². The van der Waals surface area contributed by atoms with Gasteiger partial charge in [0, 0.05) is 6.54 Å². The Bertz CT molecular complexity index is 446. The van der Waals surface area contributed by atoms with E-state index in [9.17, 15) is 22.4 Å². The summed E-state index contributed by atoms with van der Waals surface area (Å²) in [4.78, 5) is 11.5. The number of amides is 1. The van der Waals surface area contributed by atoms with Crippen molar-refractivity contribution in [3.8, 4) is 0 Å². The number of alkyl halides is 3. The Morgan fingerprint density at radius 1 is 1.37 bits per heavy atom. The van der Waals surface area contributed by atoms with E-state index in [1.54, 1.807) is 6.92 Å². The number of halogens is 4. The van der Waals surface area contributed by atoms with E-state index in [2.05, 4.69) is 10.1 Å². The van der Waals surface area contributed by atoms with Gasteiger partial charge in [0.2, 0.25) is 0 Å². The maximum atomic E-state index is 13.3. The van der Waals surface area contributed by atoms with Gasteiger partial charge in [-0.3, -0.25) is 4.79 Å². The lowest BCUT2D eigenvalue weighted by Crippen LogP contribution is -2.29. The zero-order chi connectivity index (χ0) is 14.5. The summed E-state index contributed by atoms with van der Waals surface area (Å²) in [6, 6.07) is 4.03. The van der Waals surface area contributed by atoms with E-state index in [1.165, 1.54) is 12.1 Å². The van der Waals surface area contributed by atoms with Gasteiger partial charge >= 0.3 is 6.18 Å². The summed E-state index contributed by atoms with van der Waals surface area (Å²) in [5.41, 5.74) is 0.565. The third-order valence-electron chi connectivity index (χ3n) is 2.16. The molecule has 0 heterocycles. The molecular weight excluding hydrogens is 266 g/mol. The molecule has 0 unspecified atom stereocenters. The van der Waals surface area contributed by atoms with Crippen LogP contribution in [0, 0.1) is 12.7 Å². The van der Waals surface area contributed by atoms with Crippen molar-refractivity contribution in [2.24, 2.45) is 0 Å². The largest absolute Gasteiger partial charge is 0.411 e. The molecule has 0 aliphatic heterocycles. The molecule has 0 saturated carbocycles. The third kappa shape index (κ3) is 5.69. The number of carbonyl (C=O) groups is 1. The molecule has 3 nitrogen and oxygen atoms in total. The van der Waals surface area contributed by atoms with E-state index in [0.717, 1.165) is 6.07 Å². The number of aryl methyl sites for hydroxylation is 1. The van der Waals surface area contributed by atoms with Crippen LogP contribution in [-0.2, 0) is 4.74 Å². The molecule has 1 rings (SSSR count). The molecule has 0 bridgehead atoms. The topological polar surface area (TPSA) is 38.3 Å². The lowest BCUT2D eigenvalue weighted by molar-refractivity contribution is -0.173. The summed E-state index contributed by atoms with van der Waals surface area (Å²) in [6.07, 6.45) is -4.40. The lowest BCUT2D eigenvalue weighted by Gasteiger charge is -2.09. The Hall–Kier alpha value is -1.63. The van der Waals surface area contributed by atoms with E-state index in [1.807, 2.05) is 0 Å². The Balaban J connectivity index is 2.38. The Labute approximate surface area is 107 Å². The second kappa shape index (κ2) is 6.51. The van der Waals surface area contributed by atoms with Gasteiger partial charge in [-0.2, -0.15) is 13.2 Å². The van der Waals surface area contributed by atoms with Crippen LogP contribution >= 0.6 is 0 Å².